The summed E-state index contributed by atoms with van der Waals surface area (Å²) in [4.78, 5) is 11.3. The van der Waals surface area contributed by atoms with Gasteiger partial charge in [0, 0.05) is 0 Å². The van der Waals surface area contributed by atoms with E-state index in [0.29, 0.717) is 0 Å². The third-order valence-electron chi connectivity index (χ3n) is 1.57. The molecule has 0 aromatic rings. The Hall–Kier alpha value is -0.570. The van der Waals surface area contributed by atoms with E-state index in [2.05, 4.69) is 5.32 Å². The Morgan fingerprint density at radius 2 is 2.25 bits per heavy atom. The first-order valence-electron chi connectivity index (χ1n) is 4.28. The van der Waals surface area contributed by atoms with Gasteiger partial charge in [0.25, 0.3) is 0 Å². The molecule has 0 amide bonds. The van der Waals surface area contributed by atoms with Crippen molar-refractivity contribution in [2.45, 2.75) is 38.8 Å². The van der Waals surface area contributed by atoms with Gasteiger partial charge in [0.05, 0.1) is 0 Å². The van der Waals surface area contributed by atoms with Crippen molar-refractivity contribution >= 4 is 5.97 Å². The van der Waals surface area contributed by atoms with E-state index in [1.54, 1.807) is 0 Å². The third kappa shape index (κ3) is 2.81. The first-order valence-corrected chi connectivity index (χ1v) is 4.28. The Morgan fingerprint density at radius 3 is 2.67 bits per heavy atom. The number of hydrogen-bond acceptors (Lipinski definition) is 3. The molecule has 1 radical (unpaired) electrons. The molecule has 1 aliphatic heterocycles. The minimum Gasteiger partial charge on any atom is -0.459 e. The van der Waals surface area contributed by atoms with E-state index in [1.165, 1.54) is 0 Å². The summed E-state index contributed by atoms with van der Waals surface area (Å²) in [6.45, 7) is 6.50. The van der Waals surface area contributed by atoms with E-state index in [9.17, 15) is 4.79 Å². The molecule has 3 heteroatoms. The highest BCUT2D eigenvalue weighted by atomic mass is 16.6. The Kier molecular flexibility index (Phi) is 2.73. The molecule has 12 heavy (non-hydrogen) atoms. The molecule has 0 aromatic carbocycles. The standard InChI is InChI=1S/C9H16NO2/c1-9(2,3)12-8(11)7-5-4-6-10-7/h5,7,10H,4,6H2,1-3H3. The second-order valence-electron chi connectivity index (χ2n) is 3.99. The molecule has 1 N–H and O–H groups in total. The van der Waals surface area contributed by atoms with Crippen LogP contribution in [-0.2, 0) is 9.53 Å². The lowest BCUT2D eigenvalue weighted by Gasteiger charge is -2.21. The molecule has 1 unspecified atom stereocenters. The number of nitrogens with one attached hydrogen (secondary N) is 1. The lowest BCUT2D eigenvalue weighted by atomic mass is 10.2. The van der Waals surface area contributed by atoms with Gasteiger partial charge in [-0.3, -0.25) is 4.79 Å². The number of carbonyl (C=O) groups is 1. The first kappa shape index (κ1) is 9.52. The van der Waals surface area contributed by atoms with Crippen LogP contribution >= 0.6 is 0 Å². The molecule has 1 heterocycles. The number of esters is 1. The van der Waals surface area contributed by atoms with Crippen LogP contribution in [0.1, 0.15) is 27.2 Å². The van der Waals surface area contributed by atoms with E-state index in [-0.39, 0.29) is 17.6 Å². The average Bonchev–Trinajstić information content (AvgIpc) is 2.32. The molecule has 0 bridgehead atoms. The van der Waals surface area contributed by atoms with Gasteiger partial charge < -0.3 is 10.1 Å². The van der Waals surface area contributed by atoms with Crippen LogP contribution in [0.2, 0.25) is 0 Å². The smallest absolute Gasteiger partial charge is 0.323 e. The summed E-state index contributed by atoms with van der Waals surface area (Å²) in [6.07, 6.45) is 2.90. The highest BCUT2D eigenvalue weighted by molar-refractivity contribution is 5.78. The van der Waals surface area contributed by atoms with Crippen LogP contribution in [-0.4, -0.2) is 24.2 Å². The minimum absolute atomic E-state index is 0.167. The van der Waals surface area contributed by atoms with Crippen LogP contribution in [0.15, 0.2) is 0 Å². The van der Waals surface area contributed by atoms with E-state index in [1.807, 2.05) is 27.2 Å². The van der Waals surface area contributed by atoms with Crippen molar-refractivity contribution in [1.82, 2.24) is 5.32 Å². The summed E-state index contributed by atoms with van der Waals surface area (Å²) in [6, 6.07) is -0.191. The summed E-state index contributed by atoms with van der Waals surface area (Å²) in [5, 5.41) is 3.05. The van der Waals surface area contributed by atoms with Crippen molar-refractivity contribution in [3.05, 3.63) is 6.42 Å². The van der Waals surface area contributed by atoms with Crippen molar-refractivity contribution in [1.29, 1.82) is 0 Å². The normalized spacial score (nSPS) is 24.1. The van der Waals surface area contributed by atoms with Crippen molar-refractivity contribution < 1.29 is 9.53 Å². The van der Waals surface area contributed by atoms with Crippen molar-refractivity contribution in [2.75, 3.05) is 6.54 Å². The first-order chi connectivity index (χ1) is 5.49. The number of ether oxygens (including phenoxy) is 1. The number of hydrogen-bond donors (Lipinski definition) is 1. The van der Waals surface area contributed by atoms with Gasteiger partial charge in [0.15, 0.2) is 0 Å². The molecule has 0 spiro atoms. The van der Waals surface area contributed by atoms with Crippen LogP contribution in [0.4, 0.5) is 0 Å². The van der Waals surface area contributed by atoms with Gasteiger partial charge in [-0.15, -0.1) is 0 Å². The van der Waals surface area contributed by atoms with Gasteiger partial charge in [-0.1, -0.05) is 0 Å². The van der Waals surface area contributed by atoms with Gasteiger partial charge in [-0.2, -0.15) is 0 Å². The summed E-state index contributed by atoms with van der Waals surface area (Å²) in [7, 11) is 0. The van der Waals surface area contributed by atoms with Crippen molar-refractivity contribution in [2.24, 2.45) is 0 Å². The maximum Gasteiger partial charge on any atom is 0.323 e. The highest BCUT2D eigenvalue weighted by Crippen LogP contribution is 2.12. The van der Waals surface area contributed by atoms with Crippen LogP contribution < -0.4 is 5.32 Å². The fourth-order valence-electron chi connectivity index (χ4n) is 1.12. The topological polar surface area (TPSA) is 38.3 Å². The third-order valence-corrected chi connectivity index (χ3v) is 1.57. The van der Waals surface area contributed by atoms with Gasteiger partial charge >= 0.3 is 5.97 Å². The van der Waals surface area contributed by atoms with Crippen LogP contribution in [0.25, 0.3) is 0 Å². The zero-order chi connectivity index (χ0) is 9.19. The largest absolute Gasteiger partial charge is 0.459 e. The Morgan fingerprint density at radius 1 is 1.58 bits per heavy atom. The fourth-order valence-corrected chi connectivity index (χ4v) is 1.12. The summed E-state index contributed by atoms with van der Waals surface area (Å²) >= 11 is 0. The monoisotopic (exact) mass is 170 g/mol. The van der Waals surface area contributed by atoms with Crippen molar-refractivity contribution in [3.8, 4) is 0 Å². The average molecular weight is 170 g/mol. The quantitative estimate of drug-likeness (QED) is 0.594. The molecule has 0 saturated carbocycles. The lowest BCUT2D eigenvalue weighted by molar-refractivity contribution is -0.156. The van der Waals surface area contributed by atoms with Gasteiger partial charge in [-0.05, 0) is 40.2 Å². The Labute approximate surface area is 73.5 Å². The molecule has 1 fully saturated rings. The molecular weight excluding hydrogens is 154 g/mol. The fraction of sp³-hybridized carbons (Fsp3) is 0.778. The highest BCUT2D eigenvalue weighted by Gasteiger charge is 2.27. The Bertz CT molecular complexity index is 166. The molecule has 1 saturated heterocycles. The molecular formula is C9H16NO2. The maximum absolute atomic E-state index is 11.3. The predicted octanol–water partition coefficient (Wildman–Crippen LogP) is 0.894. The number of rotatable bonds is 1. The molecule has 1 rings (SSSR count). The Balaban J connectivity index is 2.37. The zero-order valence-corrected chi connectivity index (χ0v) is 7.89. The van der Waals surface area contributed by atoms with E-state index in [0.717, 1.165) is 13.0 Å². The van der Waals surface area contributed by atoms with Crippen LogP contribution in [0, 0.1) is 6.42 Å². The predicted molar refractivity (Wildman–Crippen MR) is 46.6 cm³/mol. The summed E-state index contributed by atoms with van der Waals surface area (Å²) in [5.41, 5.74) is -0.380. The minimum atomic E-state index is -0.380. The van der Waals surface area contributed by atoms with Crippen molar-refractivity contribution in [3.63, 3.8) is 0 Å². The molecule has 1 atom stereocenters. The van der Waals surface area contributed by atoms with E-state index >= 15 is 0 Å². The van der Waals surface area contributed by atoms with Crippen LogP contribution in [0.5, 0.6) is 0 Å². The summed E-state index contributed by atoms with van der Waals surface area (Å²) in [5.74, 6) is -0.167. The molecule has 69 valence electrons. The lowest BCUT2D eigenvalue weighted by Crippen LogP contribution is -2.37. The second kappa shape index (κ2) is 3.44. The molecule has 3 nitrogen and oxygen atoms in total. The van der Waals surface area contributed by atoms with Crippen LogP contribution in [0.3, 0.4) is 0 Å². The van der Waals surface area contributed by atoms with E-state index < -0.39 is 0 Å². The SMILES string of the molecule is CC(C)(C)OC(=O)C1[CH]CCN1. The second-order valence-corrected chi connectivity index (χ2v) is 3.99. The van der Waals surface area contributed by atoms with Gasteiger partial charge in [0.1, 0.15) is 11.6 Å². The summed E-state index contributed by atoms with van der Waals surface area (Å²) < 4.78 is 5.19. The molecule has 0 aliphatic carbocycles. The maximum atomic E-state index is 11.3. The molecule has 1 aliphatic rings. The van der Waals surface area contributed by atoms with Gasteiger partial charge in [-0.25, -0.2) is 0 Å². The number of carbonyl (C=O) groups excluding carboxylic acids is 1. The van der Waals surface area contributed by atoms with Gasteiger partial charge in [0.2, 0.25) is 0 Å². The van der Waals surface area contributed by atoms with E-state index in [4.69, 9.17) is 4.74 Å². The molecule has 0 aromatic heterocycles. The zero-order valence-electron chi connectivity index (χ0n) is 7.89.